The molecule has 1 aromatic carbocycles. The minimum atomic E-state index is -1.16. The van der Waals surface area contributed by atoms with Crippen molar-refractivity contribution in [3.63, 3.8) is 0 Å². The molecule has 0 aromatic heterocycles. The summed E-state index contributed by atoms with van der Waals surface area (Å²) in [5, 5.41) is 34.3. The summed E-state index contributed by atoms with van der Waals surface area (Å²) < 4.78 is 0. The van der Waals surface area contributed by atoms with Crippen molar-refractivity contribution in [2.75, 3.05) is 19.7 Å². The van der Waals surface area contributed by atoms with Gasteiger partial charge in [-0.25, -0.2) is 0 Å². The molecule has 6 nitrogen and oxygen atoms in total. The summed E-state index contributed by atoms with van der Waals surface area (Å²) in [5.41, 5.74) is 0.135. The first-order valence-corrected chi connectivity index (χ1v) is 7.38. The van der Waals surface area contributed by atoms with E-state index >= 15 is 0 Å². The van der Waals surface area contributed by atoms with Gasteiger partial charge in [0, 0.05) is 18.5 Å². The van der Waals surface area contributed by atoms with Gasteiger partial charge in [0.15, 0.2) is 0 Å². The summed E-state index contributed by atoms with van der Waals surface area (Å²) in [6, 6.07) is 9.42. The van der Waals surface area contributed by atoms with Gasteiger partial charge in [0.25, 0.3) is 0 Å². The van der Waals surface area contributed by atoms with Crippen LogP contribution in [0.3, 0.4) is 0 Å². The van der Waals surface area contributed by atoms with Gasteiger partial charge in [-0.05, 0) is 5.56 Å². The van der Waals surface area contributed by atoms with Gasteiger partial charge in [-0.2, -0.15) is 0 Å². The van der Waals surface area contributed by atoms with Crippen molar-refractivity contribution in [3.05, 3.63) is 35.9 Å². The van der Waals surface area contributed by atoms with Crippen molar-refractivity contribution in [2.24, 2.45) is 5.41 Å². The van der Waals surface area contributed by atoms with Gasteiger partial charge >= 0.3 is 0 Å². The minimum Gasteiger partial charge on any atom is -0.396 e. The lowest BCUT2D eigenvalue weighted by Gasteiger charge is -2.32. The summed E-state index contributed by atoms with van der Waals surface area (Å²) >= 11 is 0. The first-order chi connectivity index (χ1) is 10.4. The Morgan fingerprint density at radius 1 is 1.18 bits per heavy atom. The van der Waals surface area contributed by atoms with Gasteiger partial charge in [0.2, 0.25) is 5.91 Å². The third-order valence-corrected chi connectivity index (χ3v) is 3.52. The average Bonchev–Trinajstić information content (AvgIpc) is 2.51. The van der Waals surface area contributed by atoms with Crippen LogP contribution in [0.1, 0.15) is 19.4 Å². The first-order valence-electron chi connectivity index (χ1n) is 7.38. The largest absolute Gasteiger partial charge is 0.396 e. The highest BCUT2D eigenvalue weighted by atomic mass is 16.3. The van der Waals surface area contributed by atoms with E-state index < -0.39 is 17.7 Å². The molecule has 0 aliphatic carbocycles. The van der Waals surface area contributed by atoms with Crippen LogP contribution >= 0.6 is 0 Å². The number of hydrogen-bond donors (Lipinski definition) is 5. The number of rotatable bonds is 9. The van der Waals surface area contributed by atoms with E-state index in [4.69, 9.17) is 5.11 Å². The molecular weight excluding hydrogens is 284 g/mol. The average molecular weight is 310 g/mol. The molecule has 1 unspecified atom stereocenters. The third kappa shape index (κ3) is 6.11. The molecule has 6 heteroatoms. The predicted molar refractivity (Wildman–Crippen MR) is 84.0 cm³/mol. The summed E-state index contributed by atoms with van der Waals surface area (Å²) in [6.45, 7) is 3.74. The molecule has 0 fully saturated rings. The molecule has 1 amide bonds. The quantitative estimate of drug-likeness (QED) is 0.316. The van der Waals surface area contributed by atoms with Crippen LogP contribution in [0.2, 0.25) is 0 Å². The lowest BCUT2D eigenvalue weighted by molar-refractivity contribution is -0.120. The van der Waals surface area contributed by atoms with Crippen LogP contribution < -0.4 is 10.6 Å². The molecule has 2 atom stereocenters. The number of benzene rings is 1. The number of hydrogen-bond acceptors (Lipinski definition) is 5. The van der Waals surface area contributed by atoms with E-state index in [2.05, 4.69) is 10.6 Å². The van der Waals surface area contributed by atoms with Crippen LogP contribution in [0, 0.1) is 5.41 Å². The fraction of sp³-hybridized carbons (Fsp3) is 0.562. The number of carbonyl (C=O) groups excluding carboxylic acids is 1. The number of carbonyl (C=O) groups is 1. The fourth-order valence-electron chi connectivity index (χ4n) is 1.90. The number of aliphatic hydroxyl groups excluding tert-OH is 3. The van der Waals surface area contributed by atoms with E-state index in [9.17, 15) is 15.0 Å². The Kier molecular flexibility index (Phi) is 7.47. The third-order valence-electron chi connectivity index (χ3n) is 3.52. The first kappa shape index (κ1) is 18.6. The lowest BCUT2D eigenvalue weighted by atomic mass is 9.86. The number of nitrogens with one attached hydrogen (secondary N) is 2. The Morgan fingerprint density at radius 3 is 2.41 bits per heavy atom. The molecule has 0 radical (unpaired) electrons. The van der Waals surface area contributed by atoms with Gasteiger partial charge < -0.3 is 20.6 Å². The van der Waals surface area contributed by atoms with Crippen LogP contribution in [0.15, 0.2) is 30.3 Å². The Morgan fingerprint density at radius 2 is 1.82 bits per heavy atom. The Hall–Kier alpha value is -1.47. The zero-order valence-corrected chi connectivity index (χ0v) is 13.1. The second-order valence-electron chi connectivity index (χ2n) is 6.00. The maximum atomic E-state index is 11.7. The molecule has 0 aliphatic rings. The van der Waals surface area contributed by atoms with Crippen molar-refractivity contribution >= 4 is 5.91 Å². The second-order valence-corrected chi connectivity index (χ2v) is 6.00. The van der Waals surface area contributed by atoms with Crippen LogP contribution in [-0.4, -0.2) is 53.3 Å². The molecule has 0 saturated carbocycles. The van der Waals surface area contributed by atoms with Crippen molar-refractivity contribution < 1.29 is 20.1 Å². The standard InChI is InChI=1S/C16H26N2O4/c1-16(2,11-19)14(21)15(22)18-9-8-17-13(20)10-12-6-4-3-5-7-12/h3-7,14-15,18-19,21-22H,8-11H2,1-2H3,(H,17,20)/t14-,15?/m0/s1. The summed E-state index contributed by atoms with van der Waals surface area (Å²) in [5.74, 6) is -0.0984. The Balaban J connectivity index is 2.23. The topological polar surface area (TPSA) is 102 Å². The van der Waals surface area contributed by atoms with Gasteiger partial charge in [0.1, 0.15) is 12.3 Å². The SMILES string of the molecule is CC(C)(CO)[C@@H](O)C(O)NCCNC(=O)Cc1ccccc1. The van der Waals surface area contributed by atoms with E-state index in [-0.39, 0.29) is 12.5 Å². The van der Waals surface area contributed by atoms with Crippen molar-refractivity contribution in [1.29, 1.82) is 0 Å². The summed E-state index contributed by atoms with van der Waals surface area (Å²) in [4.78, 5) is 11.7. The number of aliphatic hydroxyl groups is 3. The van der Waals surface area contributed by atoms with E-state index in [1.807, 2.05) is 30.3 Å². The molecule has 0 bridgehead atoms. The maximum Gasteiger partial charge on any atom is 0.224 e. The molecule has 0 spiro atoms. The van der Waals surface area contributed by atoms with E-state index in [1.165, 1.54) is 0 Å². The van der Waals surface area contributed by atoms with Crippen molar-refractivity contribution in [2.45, 2.75) is 32.6 Å². The zero-order chi connectivity index (χ0) is 16.6. The molecule has 0 saturated heterocycles. The summed E-state index contributed by atoms with van der Waals surface area (Å²) in [6.07, 6.45) is -1.95. The zero-order valence-electron chi connectivity index (χ0n) is 13.1. The number of amides is 1. The Bertz CT molecular complexity index is 451. The molecule has 5 N–H and O–H groups in total. The molecule has 0 aliphatic heterocycles. The minimum absolute atomic E-state index is 0.0984. The lowest BCUT2D eigenvalue weighted by Crippen LogP contribution is -2.50. The van der Waals surface area contributed by atoms with E-state index in [1.54, 1.807) is 13.8 Å². The van der Waals surface area contributed by atoms with Crippen LogP contribution in [0.25, 0.3) is 0 Å². The molecule has 0 heterocycles. The maximum absolute atomic E-state index is 11.7. The van der Waals surface area contributed by atoms with Crippen molar-refractivity contribution in [1.82, 2.24) is 10.6 Å². The highest BCUT2D eigenvalue weighted by molar-refractivity contribution is 5.78. The second kappa shape index (κ2) is 8.85. The van der Waals surface area contributed by atoms with E-state index in [0.717, 1.165) is 5.56 Å². The van der Waals surface area contributed by atoms with Gasteiger partial charge in [-0.15, -0.1) is 0 Å². The normalized spacial score (nSPS) is 14.4. The smallest absolute Gasteiger partial charge is 0.224 e. The van der Waals surface area contributed by atoms with Crippen LogP contribution in [0.4, 0.5) is 0 Å². The van der Waals surface area contributed by atoms with Crippen LogP contribution in [-0.2, 0) is 11.2 Å². The molecular formula is C16H26N2O4. The predicted octanol–water partition coefficient (Wildman–Crippen LogP) is -0.367. The molecule has 22 heavy (non-hydrogen) atoms. The van der Waals surface area contributed by atoms with Crippen LogP contribution in [0.5, 0.6) is 0 Å². The van der Waals surface area contributed by atoms with Gasteiger partial charge in [-0.3, -0.25) is 10.1 Å². The summed E-state index contributed by atoms with van der Waals surface area (Å²) in [7, 11) is 0. The van der Waals surface area contributed by atoms with Gasteiger partial charge in [0.05, 0.1) is 13.0 Å². The monoisotopic (exact) mass is 310 g/mol. The van der Waals surface area contributed by atoms with Crippen molar-refractivity contribution in [3.8, 4) is 0 Å². The molecule has 124 valence electrons. The Labute approximate surface area is 131 Å². The van der Waals surface area contributed by atoms with E-state index in [0.29, 0.717) is 19.5 Å². The highest BCUT2D eigenvalue weighted by Crippen LogP contribution is 2.21. The molecule has 1 rings (SSSR count). The van der Waals surface area contributed by atoms with Gasteiger partial charge in [-0.1, -0.05) is 44.2 Å². The fourth-order valence-corrected chi connectivity index (χ4v) is 1.90. The molecule has 1 aromatic rings. The highest BCUT2D eigenvalue weighted by Gasteiger charge is 2.32.